The molecule has 170 valence electrons. The van der Waals surface area contributed by atoms with E-state index in [9.17, 15) is 23.8 Å². The van der Waals surface area contributed by atoms with Crippen LogP contribution in [0.5, 0.6) is 0 Å². The van der Waals surface area contributed by atoms with Crippen molar-refractivity contribution in [2.45, 2.75) is 0 Å². The molecule has 0 saturated carbocycles. The molecule has 0 radical (unpaired) electrons. The quantitative estimate of drug-likeness (QED) is 0.130. The number of azo groups is 1. The van der Waals surface area contributed by atoms with Gasteiger partial charge >= 0.3 is 0 Å². The average Bonchev–Trinajstić information content (AvgIpc) is 3.13. The van der Waals surface area contributed by atoms with Crippen molar-refractivity contribution in [1.29, 1.82) is 5.26 Å². The minimum Gasteiger partial charge on any atom is -0.373 e. The lowest BCUT2D eigenvalue weighted by Crippen LogP contribution is -2.12. The van der Waals surface area contributed by atoms with Gasteiger partial charge in [0.15, 0.2) is 0 Å². The summed E-state index contributed by atoms with van der Waals surface area (Å²) in [5, 5.41) is 33.0. The summed E-state index contributed by atoms with van der Waals surface area (Å²) in [5.41, 5.74) is 1.64. The Balaban J connectivity index is 1.97. The van der Waals surface area contributed by atoms with Crippen molar-refractivity contribution in [3.05, 3.63) is 69.2 Å². The van der Waals surface area contributed by atoms with E-state index in [0.29, 0.717) is 21.1 Å². The Morgan fingerprint density at radius 2 is 1.97 bits per heavy atom. The number of anilines is 1. The lowest BCUT2D eigenvalue weighted by molar-refractivity contribution is -0.384. The highest BCUT2D eigenvalue weighted by Crippen LogP contribution is 2.46. The molecule has 0 aliphatic heterocycles. The van der Waals surface area contributed by atoms with Gasteiger partial charge in [-0.15, -0.1) is 10.2 Å². The van der Waals surface area contributed by atoms with Crippen molar-refractivity contribution in [1.82, 2.24) is 0 Å². The maximum atomic E-state index is 11.1. The zero-order valence-corrected chi connectivity index (χ0v) is 19.4. The van der Waals surface area contributed by atoms with Crippen LogP contribution in [-0.4, -0.2) is 32.7 Å². The van der Waals surface area contributed by atoms with Crippen molar-refractivity contribution >= 4 is 54.4 Å². The van der Waals surface area contributed by atoms with Crippen molar-refractivity contribution in [3.8, 4) is 17.2 Å². The van der Waals surface area contributed by atoms with Gasteiger partial charge < -0.3 is 5.32 Å². The first-order valence-electron chi connectivity index (χ1n) is 9.26. The molecule has 13 heteroatoms. The number of nitro benzene ring substituents is 1. The molecule has 0 aliphatic rings. The van der Waals surface area contributed by atoms with Gasteiger partial charge in [-0.05, 0) is 11.6 Å². The van der Waals surface area contributed by atoms with E-state index >= 15 is 0 Å². The monoisotopic (exact) mass is 505 g/mol. The molecule has 1 N–H and O–H groups in total. The SMILES string of the molecule is CS(=O)(=O)OCCNc1sc(N=Nc2ccc([N+](=O)[O-])cc2Cl)c(-c2ccccc2)c1C#N. The fourth-order valence-electron chi connectivity index (χ4n) is 2.74. The Morgan fingerprint density at radius 1 is 1.24 bits per heavy atom. The second-order valence-corrected chi connectivity index (χ2v) is 9.56. The summed E-state index contributed by atoms with van der Waals surface area (Å²) in [6.45, 7) is 0.0266. The first-order chi connectivity index (χ1) is 15.7. The van der Waals surface area contributed by atoms with Gasteiger partial charge in [0.05, 0.1) is 28.4 Å². The number of halogens is 1. The van der Waals surface area contributed by atoms with Gasteiger partial charge in [0.2, 0.25) is 0 Å². The van der Waals surface area contributed by atoms with Gasteiger partial charge in [-0.1, -0.05) is 53.3 Å². The first kappa shape index (κ1) is 24.3. The largest absolute Gasteiger partial charge is 0.373 e. The summed E-state index contributed by atoms with van der Waals surface area (Å²) in [6, 6.07) is 15.1. The van der Waals surface area contributed by atoms with Gasteiger partial charge in [0.25, 0.3) is 15.8 Å². The third kappa shape index (κ3) is 6.33. The molecule has 0 fully saturated rings. The number of non-ortho nitro benzene ring substituents is 1. The minimum absolute atomic E-state index is 0.0579. The first-order valence-corrected chi connectivity index (χ1v) is 12.3. The van der Waals surface area contributed by atoms with Crippen molar-refractivity contribution in [3.63, 3.8) is 0 Å². The van der Waals surface area contributed by atoms with E-state index < -0.39 is 15.0 Å². The number of nitriles is 1. The molecule has 1 aromatic heterocycles. The Kier molecular flexibility index (Phi) is 7.72. The highest BCUT2D eigenvalue weighted by atomic mass is 35.5. The van der Waals surface area contributed by atoms with Crippen LogP contribution in [0.15, 0.2) is 58.8 Å². The molecule has 0 atom stereocenters. The number of nitrogens with zero attached hydrogens (tertiary/aromatic N) is 4. The van der Waals surface area contributed by atoms with Crippen LogP contribution in [-0.2, 0) is 14.3 Å². The Hall–Kier alpha value is -3.37. The van der Waals surface area contributed by atoms with Crippen molar-refractivity contribution in [2.75, 3.05) is 24.7 Å². The van der Waals surface area contributed by atoms with E-state index in [1.54, 1.807) is 0 Å². The molecule has 0 saturated heterocycles. The Labute approximate surface area is 198 Å². The molecular formula is C20H16ClN5O5S2. The maximum Gasteiger partial charge on any atom is 0.271 e. The van der Waals surface area contributed by atoms with Gasteiger partial charge in [0, 0.05) is 24.2 Å². The fraction of sp³-hybridized carbons (Fsp3) is 0.150. The predicted molar refractivity (Wildman–Crippen MR) is 126 cm³/mol. The van der Waals surface area contributed by atoms with Crippen LogP contribution >= 0.6 is 22.9 Å². The molecule has 3 aromatic rings. The van der Waals surface area contributed by atoms with Crippen LogP contribution in [0.25, 0.3) is 11.1 Å². The van der Waals surface area contributed by atoms with Crippen LogP contribution in [0.2, 0.25) is 5.02 Å². The zero-order chi connectivity index (χ0) is 24.0. The van der Waals surface area contributed by atoms with Crippen molar-refractivity contribution < 1.29 is 17.5 Å². The van der Waals surface area contributed by atoms with Crippen LogP contribution in [0.4, 0.5) is 21.4 Å². The van der Waals surface area contributed by atoms with Gasteiger partial charge in [-0.25, -0.2) is 0 Å². The topological polar surface area (TPSA) is 147 Å². The fourth-order valence-corrected chi connectivity index (χ4v) is 4.36. The van der Waals surface area contributed by atoms with Crippen LogP contribution in [0, 0.1) is 21.4 Å². The molecule has 10 nitrogen and oxygen atoms in total. The lowest BCUT2D eigenvalue weighted by atomic mass is 10.0. The lowest BCUT2D eigenvalue weighted by Gasteiger charge is -2.05. The third-order valence-corrected chi connectivity index (χ3v) is 6.07. The second-order valence-electron chi connectivity index (χ2n) is 6.51. The summed E-state index contributed by atoms with van der Waals surface area (Å²) < 4.78 is 27.0. The minimum atomic E-state index is -3.58. The van der Waals surface area contributed by atoms with E-state index in [4.69, 9.17) is 15.8 Å². The van der Waals surface area contributed by atoms with Crippen LogP contribution in [0.1, 0.15) is 5.56 Å². The number of nitro groups is 1. The molecule has 33 heavy (non-hydrogen) atoms. The predicted octanol–water partition coefficient (Wildman–Crippen LogP) is 5.65. The number of hydrogen-bond acceptors (Lipinski definition) is 10. The molecule has 0 aliphatic carbocycles. The zero-order valence-electron chi connectivity index (χ0n) is 17.1. The van der Waals surface area contributed by atoms with E-state index in [1.807, 2.05) is 30.3 Å². The molecular weight excluding hydrogens is 490 g/mol. The van der Waals surface area contributed by atoms with E-state index in [2.05, 4.69) is 21.6 Å². The standard InChI is InChI=1S/C20H16ClN5O5S2/c1-33(29,30)31-10-9-23-19-15(12-22)18(13-5-3-2-4-6-13)20(32-19)25-24-17-8-7-14(26(27)28)11-16(17)21/h2-8,11,23H,9-10H2,1H3. The van der Waals surface area contributed by atoms with E-state index in [-0.39, 0.29) is 29.5 Å². The number of nitrogens with one attached hydrogen (secondary N) is 1. The number of hydrogen-bond donors (Lipinski definition) is 1. The van der Waals surface area contributed by atoms with E-state index in [1.165, 1.54) is 18.2 Å². The number of benzene rings is 2. The summed E-state index contributed by atoms with van der Waals surface area (Å²) in [7, 11) is -3.58. The maximum absolute atomic E-state index is 11.1. The molecule has 2 aromatic carbocycles. The molecule has 0 amide bonds. The molecule has 0 bridgehead atoms. The highest BCUT2D eigenvalue weighted by molar-refractivity contribution is 7.85. The molecule has 1 heterocycles. The Morgan fingerprint density at radius 3 is 2.58 bits per heavy atom. The summed E-state index contributed by atoms with van der Waals surface area (Å²) >= 11 is 7.25. The van der Waals surface area contributed by atoms with Gasteiger partial charge in [-0.3, -0.25) is 14.3 Å². The van der Waals surface area contributed by atoms with Gasteiger partial charge in [-0.2, -0.15) is 13.7 Å². The number of rotatable bonds is 9. The number of thiophene rings is 1. The van der Waals surface area contributed by atoms with Crippen LogP contribution in [0.3, 0.4) is 0 Å². The smallest absolute Gasteiger partial charge is 0.271 e. The second kappa shape index (κ2) is 10.5. The molecule has 0 unspecified atom stereocenters. The van der Waals surface area contributed by atoms with E-state index in [0.717, 1.165) is 23.2 Å². The van der Waals surface area contributed by atoms with Crippen molar-refractivity contribution in [2.24, 2.45) is 10.2 Å². The summed E-state index contributed by atoms with van der Waals surface area (Å²) in [5.74, 6) is 0. The van der Waals surface area contributed by atoms with Gasteiger partial charge in [0.1, 0.15) is 21.8 Å². The average molecular weight is 506 g/mol. The Bertz CT molecular complexity index is 1350. The molecule has 3 rings (SSSR count). The highest BCUT2D eigenvalue weighted by Gasteiger charge is 2.20. The normalized spacial score (nSPS) is 11.4. The summed E-state index contributed by atoms with van der Waals surface area (Å²) in [4.78, 5) is 10.3. The molecule has 0 spiro atoms. The van der Waals surface area contributed by atoms with Crippen LogP contribution < -0.4 is 5.32 Å². The summed E-state index contributed by atoms with van der Waals surface area (Å²) in [6.07, 6.45) is 0.953. The third-order valence-electron chi connectivity index (χ3n) is 4.14.